The first-order valence-corrected chi connectivity index (χ1v) is 14.0. The molecule has 8 nitrogen and oxygen atoms in total. The topological polar surface area (TPSA) is 115 Å². The molecule has 0 saturated carbocycles. The predicted molar refractivity (Wildman–Crippen MR) is 154 cm³/mol. The van der Waals surface area contributed by atoms with Crippen molar-refractivity contribution in [3.63, 3.8) is 0 Å². The molecule has 2 aromatic heterocycles. The lowest BCUT2D eigenvalue weighted by Crippen LogP contribution is -2.11. The van der Waals surface area contributed by atoms with Gasteiger partial charge in [-0.2, -0.15) is 4.36 Å². The van der Waals surface area contributed by atoms with E-state index >= 15 is 0 Å². The number of carbonyl (C=O) groups is 1. The lowest BCUT2D eigenvalue weighted by atomic mass is 9.98. The van der Waals surface area contributed by atoms with Gasteiger partial charge in [0.1, 0.15) is 17.8 Å². The summed E-state index contributed by atoms with van der Waals surface area (Å²) in [4.78, 5) is 20.8. The Morgan fingerprint density at radius 2 is 1.84 bits per heavy atom. The molecule has 0 saturated heterocycles. The van der Waals surface area contributed by atoms with Crippen LogP contribution in [0, 0.1) is 0 Å². The molecular formula is C27H29ClN6O2S. The van der Waals surface area contributed by atoms with Gasteiger partial charge in [0, 0.05) is 40.9 Å². The normalized spacial score (nSPS) is 11.5. The molecule has 10 heteroatoms. The summed E-state index contributed by atoms with van der Waals surface area (Å²) >= 11 is 6.75. The smallest absolute Gasteiger partial charge is 0.250 e. The third-order valence-corrected chi connectivity index (χ3v) is 8.86. The third-order valence-electron chi connectivity index (χ3n) is 6.20. The van der Waals surface area contributed by atoms with Gasteiger partial charge < -0.3 is 15.6 Å². The Morgan fingerprint density at radius 3 is 2.43 bits per heavy atom. The van der Waals surface area contributed by atoms with Gasteiger partial charge in [0.25, 0.3) is 5.91 Å². The largest absolute Gasteiger partial charge is 0.383 e. The molecule has 4 rings (SSSR count). The number of hydrogen-bond donors (Lipinski definition) is 2. The molecule has 4 aromatic rings. The second-order valence-corrected chi connectivity index (χ2v) is 11.9. The highest BCUT2D eigenvalue weighted by atomic mass is 35.5. The second-order valence-electron chi connectivity index (χ2n) is 8.66. The maximum atomic E-state index is 12.8. The Balaban J connectivity index is 1.91. The van der Waals surface area contributed by atoms with Crippen molar-refractivity contribution >= 4 is 55.5 Å². The van der Waals surface area contributed by atoms with E-state index in [1.54, 1.807) is 19.1 Å². The van der Waals surface area contributed by atoms with E-state index in [9.17, 15) is 9.00 Å². The minimum atomic E-state index is -2.28. The van der Waals surface area contributed by atoms with Gasteiger partial charge in [0.15, 0.2) is 0 Å². The van der Waals surface area contributed by atoms with Crippen molar-refractivity contribution in [3.8, 4) is 22.4 Å². The first-order chi connectivity index (χ1) is 17.6. The number of aryl methyl sites for hydroxylation is 1. The zero-order valence-corrected chi connectivity index (χ0v) is 22.8. The van der Waals surface area contributed by atoms with Gasteiger partial charge in [-0.3, -0.25) is 4.79 Å². The van der Waals surface area contributed by atoms with Gasteiger partial charge in [-0.05, 0) is 42.8 Å². The lowest BCUT2D eigenvalue weighted by molar-refractivity contribution is -0.112. The molecule has 3 N–H and O–H groups in total. The van der Waals surface area contributed by atoms with Crippen molar-refractivity contribution in [2.45, 2.75) is 20.8 Å². The molecular weight excluding hydrogens is 508 g/mol. The Hall–Kier alpha value is -3.69. The summed E-state index contributed by atoms with van der Waals surface area (Å²) in [6, 6.07) is 12.9. The summed E-state index contributed by atoms with van der Waals surface area (Å²) in [5, 5.41) is 3.93. The van der Waals surface area contributed by atoms with Crippen LogP contribution in [0.25, 0.3) is 33.4 Å². The van der Waals surface area contributed by atoms with Crippen molar-refractivity contribution in [1.29, 1.82) is 0 Å². The van der Waals surface area contributed by atoms with Crippen LogP contribution in [-0.4, -0.2) is 36.2 Å². The number of rotatable bonds is 7. The average Bonchev–Trinajstić information content (AvgIpc) is 3.17. The zero-order valence-electron chi connectivity index (χ0n) is 21.2. The molecule has 0 spiro atoms. The molecule has 0 aliphatic heterocycles. The molecule has 0 aliphatic carbocycles. The van der Waals surface area contributed by atoms with E-state index < -0.39 is 9.73 Å². The maximum Gasteiger partial charge on any atom is 0.250 e. The van der Waals surface area contributed by atoms with E-state index in [1.807, 2.05) is 55.8 Å². The van der Waals surface area contributed by atoms with Crippen LogP contribution in [0.2, 0.25) is 5.02 Å². The number of nitrogens with two attached hydrogens (primary N) is 1. The third kappa shape index (κ3) is 5.10. The summed E-state index contributed by atoms with van der Waals surface area (Å²) < 4.78 is 19.3. The SMILES string of the molecule is C=C(C)C(=O)Nc1ccc(-c2c(-c3ccc(N=S(=O)(CC)CC)cc3)c3c(N)ncnc3n2C)c(Cl)c1. The van der Waals surface area contributed by atoms with Gasteiger partial charge in [0.05, 0.1) is 31.5 Å². The number of nitrogens with zero attached hydrogens (tertiary/aromatic N) is 4. The lowest BCUT2D eigenvalue weighted by Gasteiger charge is -2.13. The molecule has 2 aromatic carbocycles. The number of benzene rings is 2. The summed E-state index contributed by atoms with van der Waals surface area (Å²) in [7, 11) is -0.389. The van der Waals surface area contributed by atoms with Crippen molar-refractivity contribution in [3.05, 3.63) is 66.0 Å². The molecule has 0 unspecified atom stereocenters. The van der Waals surface area contributed by atoms with Crippen LogP contribution in [0.15, 0.2) is 65.3 Å². The maximum absolute atomic E-state index is 12.8. The molecule has 0 bridgehead atoms. The number of amides is 1. The van der Waals surface area contributed by atoms with Crippen molar-refractivity contribution in [1.82, 2.24) is 14.5 Å². The zero-order chi connectivity index (χ0) is 26.9. The molecule has 0 fully saturated rings. The molecule has 1 amide bonds. The second kappa shape index (κ2) is 10.4. The molecule has 0 aliphatic rings. The standard InChI is InChI=1S/C27H29ClN6O2S/c1-6-37(36,7-2)33-18-10-8-17(9-11-18)22-23-25(29)30-15-31-26(23)34(5)24(22)20-13-12-19(14-21(20)28)32-27(35)16(3)4/h8-15H,3,6-7H2,1-2,4-5H3,(H,32,35)(H2,29,30,31). The number of anilines is 2. The van der Waals surface area contributed by atoms with E-state index in [-0.39, 0.29) is 5.91 Å². The number of carbonyl (C=O) groups excluding carboxylic acids is 1. The van der Waals surface area contributed by atoms with Crippen LogP contribution in [-0.2, 0) is 21.6 Å². The highest BCUT2D eigenvalue weighted by molar-refractivity contribution is 7.93. The molecule has 0 atom stereocenters. The van der Waals surface area contributed by atoms with Gasteiger partial charge in [-0.1, -0.05) is 44.2 Å². The van der Waals surface area contributed by atoms with Crippen molar-refractivity contribution in [2.75, 3.05) is 22.6 Å². The van der Waals surface area contributed by atoms with Crippen molar-refractivity contribution < 1.29 is 9.00 Å². The monoisotopic (exact) mass is 536 g/mol. The Labute approximate surface area is 221 Å². The van der Waals surface area contributed by atoms with Crippen LogP contribution in [0.4, 0.5) is 17.2 Å². The summed E-state index contributed by atoms with van der Waals surface area (Å²) in [6.07, 6.45) is 1.43. The first kappa shape index (κ1) is 26.4. The van der Waals surface area contributed by atoms with Gasteiger partial charge in [-0.25, -0.2) is 14.2 Å². The van der Waals surface area contributed by atoms with Crippen LogP contribution in [0.1, 0.15) is 20.8 Å². The van der Waals surface area contributed by atoms with Crippen LogP contribution >= 0.6 is 11.6 Å². The highest BCUT2D eigenvalue weighted by Crippen LogP contribution is 2.44. The van der Waals surface area contributed by atoms with Gasteiger partial charge >= 0.3 is 0 Å². The molecule has 2 heterocycles. The number of nitrogens with one attached hydrogen (secondary N) is 1. The van der Waals surface area contributed by atoms with Crippen molar-refractivity contribution in [2.24, 2.45) is 11.4 Å². The van der Waals surface area contributed by atoms with Gasteiger partial charge in [0.2, 0.25) is 0 Å². The first-order valence-electron chi connectivity index (χ1n) is 11.8. The Bertz CT molecular complexity index is 1640. The predicted octanol–water partition coefficient (Wildman–Crippen LogP) is 6.19. The van der Waals surface area contributed by atoms with Gasteiger partial charge in [-0.15, -0.1) is 0 Å². The fourth-order valence-electron chi connectivity index (χ4n) is 4.11. The number of fused-ring (bicyclic) bond motifs is 1. The number of halogens is 1. The summed E-state index contributed by atoms with van der Waals surface area (Å²) in [6.45, 7) is 9.07. The van der Waals surface area contributed by atoms with E-state index in [4.69, 9.17) is 17.3 Å². The highest BCUT2D eigenvalue weighted by Gasteiger charge is 2.23. The number of hydrogen-bond acceptors (Lipinski definition) is 6. The average molecular weight is 537 g/mol. The van der Waals surface area contributed by atoms with Crippen LogP contribution < -0.4 is 11.1 Å². The fourth-order valence-corrected chi connectivity index (χ4v) is 5.55. The van der Waals surface area contributed by atoms with E-state index in [0.29, 0.717) is 50.3 Å². The quantitative estimate of drug-likeness (QED) is 0.273. The number of aromatic nitrogens is 3. The minimum absolute atomic E-state index is 0.280. The Kier molecular flexibility index (Phi) is 7.38. The van der Waals surface area contributed by atoms with E-state index in [2.05, 4.69) is 26.2 Å². The van der Waals surface area contributed by atoms with Crippen LogP contribution in [0.5, 0.6) is 0 Å². The summed E-state index contributed by atoms with van der Waals surface area (Å²) in [5.41, 5.74) is 11.8. The Morgan fingerprint density at radius 1 is 1.16 bits per heavy atom. The molecule has 0 radical (unpaired) electrons. The fraction of sp³-hybridized carbons (Fsp3) is 0.222. The minimum Gasteiger partial charge on any atom is -0.383 e. The van der Waals surface area contributed by atoms with E-state index in [0.717, 1.165) is 22.4 Å². The molecule has 192 valence electrons. The molecule has 37 heavy (non-hydrogen) atoms. The number of nitrogen functional groups attached to an aromatic ring is 1. The van der Waals surface area contributed by atoms with Crippen LogP contribution in [0.3, 0.4) is 0 Å². The van der Waals surface area contributed by atoms with E-state index in [1.165, 1.54) is 6.33 Å². The summed E-state index contributed by atoms with van der Waals surface area (Å²) in [5.74, 6) is 1.05.